The lowest BCUT2D eigenvalue weighted by molar-refractivity contribution is -0.125. The first-order valence-corrected chi connectivity index (χ1v) is 5.14. The van der Waals surface area contributed by atoms with Crippen LogP contribution in [0.25, 0.3) is 0 Å². The molecule has 2 N–H and O–H groups in total. The van der Waals surface area contributed by atoms with Crippen LogP contribution < -0.4 is 5.32 Å². The van der Waals surface area contributed by atoms with Gasteiger partial charge in [-0.3, -0.25) is 9.89 Å². The van der Waals surface area contributed by atoms with E-state index in [2.05, 4.69) is 15.5 Å². The summed E-state index contributed by atoms with van der Waals surface area (Å²) in [6, 6.07) is -0.00292. The van der Waals surface area contributed by atoms with Gasteiger partial charge in [-0.15, -0.1) is 0 Å². The molecular weight excluding hydrogens is 194 g/mol. The zero-order valence-corrected chi connectivity index (χ0v) is 8.69. The van der Waals surface area contributed by atoms with E-state index in [-0.39, 0.29) is 17.9 Å². The Balaban J connectivity index is 1.88. The average molecular weight is 209 g/mol. The van der Waals surface area contributed by atoms with E-state index in [1.807, 2.05) is 6.92 Å². The Morgan fingerprint density at radius 1 is 1.80 bits per heavy atom. The molecule has 0 bridgehead atoms. The number of aromatic nitrogens is 2. The zero-order chi connectivity index (χ0) is 10.7. The Kier molecular flexibility index (Phi) is 3.01. The number of H-pyrrole nitrogens is 1. The SMILES string of the molecule is CC(NC(=O)C1CCOC1)c1cn[nH]c1. The fraction of sp³-hybridized carbons (Fsp3) is 0.600. The number of hydrogen-bond donors (Lipinski definition) is 2. The topological polar surface area (TPSA) is 67.0 Å². The molecule has 15 heavy (non-hydrogen) atoms. The first-order valence-electron chi connectivity index (χ1n) is 5.14. The fourth-order valence-corrected chi connectivity index (χ4v) is 1.65. The predicted octanol–water partition coefficient (Wildman–Crippen LogP) is 0.623. The minimum absolute atomic E-state index is 0.00292. The number of aromatic amines is 1. The van der Waals surface area contributed by atoms with Crippen molar-refractivity contribution in [3.8, 4) is 0 Å². The molecule has 2 atom stereocenters. The predicted molar refractivity (Wildman–Crippen MR) is 54.1 cm³/mol. The molecule has 1 aliphatic heterocycles. The van der Waals surface area contributed by atoms with E-state index in [1.54, 1.807) is 12.4 Å². The standard InChI is InChI=1S/C10H15N3O2/c1-7(9-4-11-12-5-9)13-10(14)8-2-3-15-6-8/h4-5,7-8H,2-3,6H2,1H3,(H,11,12)(H,13,14). The summed E-state index contributed by atoms with van der Waals surface area (Å²) in [6.07, 6.45) is 4.33. The molecule has 2 rings (SSSR count). The Morgan fingerprint density at radius 3 is 3.27 bits per heavy atom. The molecule has 0 radical (unpaired) electrons. The largest absolute Gasteiger partial charge is 0.381 e. The number of nitrogens with one attached hydrogen (secondary N) is 2. The number of rotatable bonds is 3. The number of nitrogens with zero attached hydrogens (tertiary/aromatic N) is 1. The third-order valence-corrected chi connectivity index (χ3v) is 2.68. The van der Waals surface area contributed by atoms with Crippen LogP contribution in [0.15, 0.2) is 12.4 Å². The summed E-state index contributed by atoms with van der Waals surface area (Å²) in [6.45, 7) is 3.18. The van der Waals surface area contributed by atoms with Crippen LogP contribution in [0, 0.1) is 5.92 Å². The summed E-state index contributed by atoms with van der Waals surface area (Å²) in [5, 5.41) is 9.52. The molecule has 2 unspecified atom stereocenters. The van der Waals surface area contributed by atoms with E-state index >= 15 is 0 Å². The number of ether oxygens (including phenoxy) is 1. The van der Waals surface area contributed by atoms with Crippen molar-refractivity contribution >= 4 is 5.91 Å². The van der Waals surface area contributed by atoms with Crippen molar-refractivity contribution in [2.24, 2.45) is 5.92 Å². The maximum absolute atomic E-state index is 11.7. The molecule has 82 valence electrons. The van der Waals surface area contributed by atoms with E-state index in [0.717, 1.165) is 12.0 Å². The molecule has 1 fully saturated rings. The lowest BCUT2D eigenvalue weighted by atomic mass is 10.1. The summed E-state index contributed by atoms with van der Waals surface area (Å²) in [4.78, 5) is 11.7. The highest BCUT2D eigenvalue weighted by Gasteiger charge is 2.24. The molecule has 1 saturated heterocycles. The highest BCUT2D eigenvalue weighted by molar-refractivity contribution is 5.79. The van der Waals surface area contributed by atoms with Crippen molar-refractivity contribution in [1.29, 1.82) is 0 Å². The van der Waals surface area contributed by atoms with Gasteiger partial charge in [-0.05, 0) is 13.3 Å². The maximum atomic E-state index is 11.7. The van der Waals surface area contributed by atoms with Crippen LogP contribution in [0.4, 0.5) is 0 Å². The molecule has 0 aliphatic carbocycles. The molecular formula is C10H15N3O2. The number of carbonyl (C=O) groups is 1. The van der Waals surface area contributed by atoms with Gasteiger partial charge in [-0.25, -0.2) is 0 Å². The highest BCUT2D eigenvalue weighted by Crippen LogP contribution is 2.15. The first-order chi connectivity index (χ1) is 7.27. The van der Waals surface area contributed by atoms with E-state index in [9.17, 15) is 4.79 Å². The van der Waals surface area contributed by atoms with Crippen LogP contribution in [0.1, 0.15) is 24.9 Å². The number of amides is 1. The van der Waals surface area contributed by atoms with Crippen molar-refractivity contribution in [3.63, 3.8) is 0 Å². The van der Waals surface area contributed by atoms with Gasteiger partial charge < -0.3 is 10.1 Å². The third-order valence-electron chi connectivity index (χ3n) is 2.68. The van der Waals surface area contributed by atoms with Gasteiger partial charge in [-0.1, -0.05) is 0 Å². The van der Waals surface area contributed by atoms with Gasteiger partial charge in [0.15, 0.2) is 0 Å². The lowest BCUT2D eigenvalue weighted by Gasteiger charge is -2.14. The minimum atomic E-state index is -0.00292. The van der Waals surface area contributed by atoms with Gasteiger partial charge in [0.25, 0.3) is 0 Å². The van der Waals surface area contributed by atoms with Gasteiger partial charge in [0.05, 0.1) is 24.8 Å². The van der Waals surface area contributed by atoms with Crippen molar-refractivity contribution in [3.05, 3.63) is 18.0 Å². The second-order valence-electron chi connectivity index (χ2n) is 3.82. The second kappa shape index (κ2) is 4.44. The summed E-state index contributed by atoms with van der Waals surface area (Å²) in [5.41, 5.74) is 0.988. The Bertz CT molecular complexity index is 317. The van der Waals surface area contributed by atoms with Crippen LogP contribution >= 0.6 is 0 Å². The monoisotopic (exact) mass is 209 g/mol. The van der Waals surface area contributed by atoms with Crippen molar-refractivity contribution in [2.75, 3.05) is 13.2 Å². The van der Waals surface area contributed by atoms with Crippen LogP contribution in [0.3, 0.4) is 0 Å². The summed E-state index contributed by atoms with van der Waals surface area (Å²) in [5.74, 6) is 0.0838. The fourth-order valence-electron chi connectivity index (χ4n) is 1.65. The molecule has 2 heterocycles. The first kappa shape index (κ1) is 10.2. The van der Waals surface area contributed by atoms with E-state index in [0.29, 0.717) is 13.2 Å². The average Bonchev–Trinajstić information content (AvgIpc) is 2.91. The van der Waals surface area contributed by atoms with E-state index < -0.39 is 0 Å². The van der Waals surface area contributed by atoms with Gasteiger partial charge in [0.2, 0.25) is 5.91 Å². The number of carbonyl (C=O) groups excluding carboxylic acids is 1. The van der Waals surface area contributed by atoms with Crippen LogP contribution in [0.5, 0.6) is 0 Å². The lowest BCUT2D eigenvalue weighted by Crippen LogP contribution is -2.32. The Labute approximate surface area is 88.2 Å². The molecule has 0 spiro atoms. The van der Waals surface area contributed by atoms with Crippen LogP contribution in [-0.2, 0) is 9.53 Å². The zero-order valence-electron chi connectivity index (χ0n) is 8.69. The Hall–Kier alpha value is -1.36. The molecule has 5 nitrogen and oxygen atoms in total. The van der Waals surface area contributed by atoms with Crippen LogP contribution in [0.2, 0.25) is 0 Å². The van der Waals surface area contributed by atoms with Gasteiger partial charge >= 0.3 is 0 Å². The van der Waals surface area contributed by atoms with Gasteiger partial charge in [0.1, 0.15) is 0 Å². The smallest absolute Gasteiger partial charge is 0.225 e. The molecule has 1 amide bonds. The molecule has 5 heteroatoms. The normalized spacial score (nSPS) is 22.6. The molecule has 1 aromatic rings. The third kappa shape index (κ3) is 2.36. The number of hydrogen-bond acceptors (Lipinski definition) is 3. The Morgan fingerprint density at radius 2 is 2.67 bits per heavy atom. The second-order valence-corrected chi connectivity index (χ2v) is 3.82. The van der Waals surface area contributed by atoms with Gasteiger partial charge in [0, 0.05) is 18.4 Å². The molecule has 1 aliphatic rings. The van der Waals surface area contributed by atoms with Crippen molar-refractivity contribution in [1.82, 2.24) is 15.5 Å². The van der Waals surface area contributed by atoms with Gasteiger partial charge in [-0.2, -0.15) is 5.10 Å². The quantitative estimate of drug-likeness (QED) is 0.767. The molecule has 0 saturated carbocycles. The van der Waals surface area contributed by atoms with Crippen molar-refractivity contribution < 1.29 is 9.53 Å². The van der Waals surface area contributed by atoms with Crippen LogP contribution in [-0.4, -0.2) is 29.3 Å². The van der Waals surface area contributed by atoms with Crippen molar-refractivity contribution in [2.45, 2.75) is 19.4 Å². The summed E-state index contributed by atoms with van der Waals surface area (Å²) in [7, 11) is 0. The highest BCUT2D eigenvalue weighted by atomic mass is 16.5. The molecule has 1 aromatic heterocycles. The maximum Gasteiger partial charge on any atom is 0.225 e. The van der Waals surface area contributed by atoms with E-state index in [4.69, 9.17) is 4.74 Å². The minimum Gasteiger partial charge on any atom is -0.381 e. The summed E-state index contributed by atoms with van der Waals surface area (Å²) >= 11 is 0. The summed E-state index contributed by atoms with van der Waals surface area (Å²) < 4.78 is 5.17. The van der Waals surface area contributed by atoms with E-state index in [1.165, 1.54) is 0 Å². The molecule has 0 aromatic carbocycles.